The van der Waals surface area contributed by atoms with Crippen molar-refractivity contribution in [2.75, 3.05) is 0 Å². The third kappa shape index (κ3) is 4.36. The Hall–Kier alpha value is -1.89. The third-order valence-corrected chi connectivity index (χ3v) is 3.43. The smallest absolute Gasteiger partial charge is 0.315 e. The van der Waals surface area contributed by atoms with Gasteiger partial charge in [0.2, 0.25) is 0 Å². The fourth-order valence-electron chi connectivity index (χ4n) is 1.65. The van der Waals surface area contributed by atoms with Gasteiger partial charge in [0, 0.05) is 29.5 Å². The van der Waals surface area contributed by atoms with Crippen LogP contribution in [-0.4, -0.2) is 26.8 Å². The molecule has 102 valence electrons. The summed E-state index contributed by atoms with van der Waals surface area (Å²) in [5.74, 6) is 0. The van der Waals surface area contributed by atoms with Gasteiger partial charge in [0.25, 0.3) is 0 Å². The van der Waals surface area contributed by atoms with Crippen molar-refractivity contribution in [1.29, 1.82) is 0 Å². The summed E-state index contributed by atoms with van der Waals surface area (Å²) in [4.78, 5) is 16.0. The van der Waals surface area contributed by atoms with Gasteiger partial charge in [-0.25, -0.2) is 9.78 Å². The lowest BCUT2D eigenvalue weighted by Gasteiger charge is -2.14. The first kappa shape index (κ1) is 13.5. The standard InChI is InChI=1S/C12H17N5OS/c1-9(7-17-5-3-4-14-17)16-12(18)13-6-11-15-10(2)8-19-11/h3-5,8-9H,6-7H2,1-2H3,(H2,13,16,18). The minimum absolute atomic E-state index is 0.0120. The number of carbonyl (C=O) groups is 1. The number of amides is 2. The second-order valence-corrected chi connectivity index (χ2v) is 5.28. The number of nitrogens with one attached hydrogen (secondary N) is 2. The number of aromatic nitrogens is 3. The molecular formula is C12H17N5OS. The van der Waals surface area contributed by atoms with E-state index in [0.29, 0.717) is 13.1 Å². The molecule has 2 N–H and O–H groups in total. The zero-order valence-electron chi connectivity index (χ0n) is 11.0. The van der Waals surface area contributed by atoms with Crippen LogP contribution in [0.25, 0.3) is 0 Å². The Morgan fingerprint density at radius 3 is 3.05 bits per heavy atom. The van der Waals surface area contributed by atoms with Crippen LogP contribution in [0.4, 0.5) is 4.79 Å². The average molecular weight is 279 g/mol. The highest BCUT2D eigenvalue weighted by Crippen LogP contribution is 2.07. The van der Waals surface area contributed by atoms with Crippen molar-refractivity contribution < 1.29 is 4.79 Å². The quantitative estimate of drug-likeness (QED) is 0.872. The number of carbonyl (C=O) groups excluding carboxylic acids is 1. The van der Waals surface area contributed by atoms with Gasteiger partial charge in [0.1, 0.15) is 5.01 Å². The molecule has 2 amide bonds. The number of thiazole rings is 1. The summed E-state index contributed by atoms with van der Waals surface area (Å²) < 4.78 is 1.79. The molecule has 2 aromatic heterocycles. The molecule has 0 bridgehead atoms. The maximum atomic E-state index is 11.7. The first-order chi connectivity index (χ1) is 9.13. The topological polar surface area (TPSA) is 71.8 Å². The Morgan fingerprint density at radius 1 is 1.58 bits per heavy atom. The maximum Gasteiger partial charge on any atom is 0.315 e. The molecule has 0 saturated heterocycles. The van der Waals surface area contributed by atoms with Gasteiger partial charge in [0.15, 0.2) is 0 Å². The van der Waals surface area contributed by atoms with E-state index in [0.717, 1.165) is 10.7 Å². The van der Waals surface area contributed by atoms with Crippen molar-refractivity contribution in [3.63, 3.8) is 0 Å². The van der Waals surface area contributed by atoms with E-state index >= 15 is 0 Å². The van der Waals surface area contributed by atoms with Crippen LogP contribution in [0.15, 0.2) is 23.8 Å². The first-order valence-corrected chi connectivity index (χ1v) is 6.94. The fourth-order valence-corrected chi connectivity index (χ4v) is 2.36. The molecule has 1 atom stereocenters. The molecule has 2 aromatic rings. The molecule has 6 nitrogen and oxygen atoms in total. The van der Waals surface area contributed by atoms with E-state index in [4.69, 9.17) is 0 Å². The monoisotopic (exact) mass is 279 g/mol. The van der Waals surface area contributed by atoms with Crippen molar-refractivity contribution in [3.05, 3.63) is 34.5 Å². The highest BCUT2D eigenvalue weighted by Gasteiger charge is 2.08. The van der Waals surface area contributed by atoms with Crippen LogP contribution in [0.1, 0.15) is 17.6 Å². The number of rotatable bonds is 5. The second-order valence-electron chi connectivity index (χ2n) is 4.34. The molecular weight excluding hydrogens is 262 g/mol. The van der Waals surface area contributed by atoms with E-state index in [1.807, 2.05) is 31.5 Å². The summed E-state index contributed by atoms with van der Waals surface area (Å²) in [5, 5.41) is 12.6. The molecule has 7 heteroatoms. The van der Waals surface area contributed by atoms with Gasteiger partial charge in [-0.15, -0.1) is 11.3 Å². The highest BCUT2D eigenvalue weighted by molar-refractivity contribution is 7.09. The molecule has 0 aromatic carbocycles. The normalized spacial score (nSPS) is 12.1. The molecule has 0 aliphatic carbocycles. The largest absolute Gasteiger partial charge is 0.334 e. The van der Waals surface area contributed by atoms with Gasteiger partial charge >= 0.3 is 6.03 Å². The SMILES string of the molecule is Cc1csc(CNC(=O)NC(C)Cn2cccn2)n1. The van der Waals surface area contributed by atoms with E-state index in [2.05, 4.69) is 20.7 Å². The molecule has 0 radical (unpaired) electrons. The van der Waals surface area contributed by atoms with Gasteiger partial charge < -0.3 is 10.6 Å². The summed E-state index contributed by atoms with van der Waals surface area (Å²) in [7, 11) is 0. The van der Waals surface area contributed by atoms with Crippen molar-refractivity contribution in [1.82, 2.24) is 25.4 Å². The lowest BCUT2D eigenvalue weighted by molar-refractivity contribution is 0.235. The zero-order valence-corrected chi connectivity index (χ0v) is 11.8. The number of hydrogen-bond acceptors (Lipinski definition) is 4. The number of hydrogen-bond donors (Lipinski definition) is 2. The predicted molar refractivity (Wildman–Crippen MR) is 73.9 cm³/mol. The molecule has 0 aliphatic heterocycles. The van der Waals surface area contributed by atoms with Gasteiger partial charge in [0.05, 0.1) is 13.1 Å². The highest BCUT2D eigenvalue weighted by atomic mass is 32.1. The van der Waals surface area contributed by atoms with E-state index in [-0.39, 0.29) is 12.1 Å². The van der Waals surface area contributed by atoms with Gasteiger partial charge in [-0.3, -0.25) is 4.68 Å². The molecule has 2 rings (SSSR count). The van der Waals surface area contributed by atoms with E-state index in [1.54, 1.807) is 22.2 Å². The number of nitrogens with zero attached hydrogens (tertiary/aromatic N) is 3. The second kappa shape index (κ2) is 6.33. The summed E-state index contributed by atoms with van der Waals surface area (Å²) in [6.07, 6.45) is 3.59. The maximum absolute atomic E-state index is 11.7. The summed E-state index contributed by atoms with van der Waals surface area (Å²) in [6.45, 7) is 4.98. The van der Waals surface area contributed by atoms with Crippen molar-refractivity contribution in [2.45, 2.75) is 33.0 Å². The minimum atomic E-state index is -0.187. The number of urea groups is 1. The lowest BCUT2D eigenvalue weighted by Crippen LogP contribution is -2.42. The van der Waals surface area contributed by atoms with Crippen LogP contribution in [0.3, 0.4) is 0 Å². The Kier molecular flexibility index (Phi) is 4.51. The van der Waals surface area contributed by atoms with Crippen LogP contribution in [-0.2, 0) is 13.1 Å². The van der Waals surface area contributed by atoms with E-state index in [1.165, 1.54) is 0 Å². The average Bonchev–Trinajstić information content (AvgIpc) is 2.98. The van der Waals surface area contributed by atoms with Crippen LogP contribution >= 0.6 is 11.3 Å². The molecule has 0 aliphatic rings. The molecule has 0 spiro atoms. The Morgan fingerprint density at radius 2 is 2.42 bits per heavy atom. The lowest BCUT2D eigenvalue weighted by atomic mass is 10.3. The first-order valence-electron chi connectivity index (χ1n) is 6.06. The molecule has 0 fully saturated rings. The van der Waals surface area contributed by atoms with Crippen molar-refractivity contribution >= 4 is 17.4 Å². The van der Waals surface area contributed by atoms with Crippen molar-refractivity contribution in [2.24, 2.45) is 0 Å². The zero-order chi connectivity index (χ0) is 13.7. The molecule has 1 unspecified atom stereocenters. The van der Waals surface area contributed by atoms with Gasteiger partial charge in [-0.1, -0.05) is 0 Å². The minimum Gasteiger partial charge on any atom is -0.334 e. The van der Waals surface area contributed by atoms with E-state index in [9.17, 15) is 4.79 Å². The van der Waals surface area contributed by atoms with Crippen LogP contribution < -0.4 is 10.6 Å². The Bertz CT molecular complexity index is 522. The molecule has 2 heterocycles. The molecule has 0 saturated carbocycles. The summed E-state index contributed by atoms with van der Waals surface area (Å²) in [5.41, 5.74) is 0.981. The number of aryl methyl sites for hydroxylation is 1. The Balaban J connectivity index is 1.71. The van der Waals surface area contributed by atoms with Gasteiger partial charge in [-0.2, -0.15) is 5.10 Å². The van der Waals surface area contributed by atoms with E-state index < -0.39 is 0 Å². The van der Waals surface area contributed by atoms with Crippen LogP contribution in [0, 0.1) is 6.92 Å². The van der Waals surface area contributed by atoms with Gasteiger partial charge in [-0.05, 0) is 19.9 Å². The van der Waals surface area contributed by atoms with Crippen molar-refractivity contribution in [3.8, 4) is 0 Å². The summed E-state index contributed by atoms with van der Waals surface area (Å²) in [6, 6.07) is 1.68. The van der Waals surface area contributed by atoms with Crippen LogP contribution in [0.5, 0.6) is 0 Å². The third-order valence-electron chi connectivity index (χ3n) is 2.46. The fraction of sp³-hybridized carbons (Fsp3) is 0.417. The van der Waals surface area contributed by atoms with Crippen LogP contribution in [0.2, 0.25) is 0 Å². The molecule has 19 heavy (non-hydrogen) atoms. The Labute approximate surface area is 115 Å². The predicted octanol–water partition coefficient (Wildman–Crippen LogP) is 1.54. The summed E-state index contributed by atoms with van der Waals surface area (Å²) >= 11 is 1.55.